The Morgan fingerprint density at radius 3 is 2.57 bits per heavy atom. The number of anilines is 1. The van der Waals surface area contributed by atoms with Gasteiger partial charge in [0.05, 0.1) is 9.92 Å². The van der Waals surface area contributed by atoms with Crippen LogP contribution in [0.3, 0.4) is 0 Å². The Kier molecular flexibility index (Phi) is 6.18. The number of carbonyl (C=O) groups excluding carboxylic acids is 1. The summed E-state index contributed by atoms with van der Waals surface area (Å²) in [5.74, 6) is -0.953. The molecule has 0 aliphatic heterocycles. The molecular formula is C17H13Cl2N3O5S. The van der Waals surface area contributed by atoms with Crippen LogP contribution in [-0.4, -0.2) is 31.1 Å². The van der Waals surface area contributed by atoms with E-state index in [1.807, 2.05) is 0 Å². The third-order valence-electron chi connectivity index (χ3n) is 3.38. The van der Waals surface area contributed by atoms with Gasteiger partial charge in [-0.3, -0.25) is 10.1 Å². The first kappa shape index (κ1) is 20.1. The molecule has 1 heterocycles. The molecule has 1 aromatic heterocycles. The van der Waals surface area contributed by atoms with Crippen LogP contribution < -0.4 is 10.1 Å². The van der Waals surface area contributed by atoms with Crippen molar-refractivity contribution in [2.75, 3.05) is 11.9 Å². The summed E-state index contributed by atoms with van der Waals surface area (Å²) < 4.78 is 35.0. The van der Waals surface area contributed by atoms with Crippen molar-refractivity contribution < 1.29 is 22.4 Å². The molecule has 0 saturated heterocycles. The maximum atomic E-state index is 12.3. The monoisotopic (exact) mass is 441 g/mol. The number of ether oxygens (including phenoxy) is 1. The van der Waals surface area contributed by atoms with Crippen molar-refractivity contribution in [3.63, 3.8) is 0 Å². The molecule has 146 valence electrons. The molecule has 0 fully saturated rings. The third kappa shape index (κ3) is 5.22. The van der Waals surface area contributed by atoms with E-state index in [0.717, 1.165) is 0 Å². The average molecular weight is 442 g/mol. The Labute approximate surface area is 170 Å². The van der Waals surface area contributed by atoms with Crippen LogP contribution in [-0.2, 0) is 20.4 Å². The van der Waals surface area contributed by atoms with Crippen LogP contribution in [0.1, 0.15) is 5.89 Å². The van der Waals surface area contributed by atoms with Crippen molar-refractivity contribution in [1.82, 2.24) is 10.2 Å². The first-order valence-electron chi connectivity index (χ1n) is 7.81. The lowest BCUT2D eigenvalue weighted by molar-refractivity contribution is -0.118. The second-order valence-electron chi connectivity index (χ2n) is 5.48. The van der Waals surface area contributed by atoms with E-state index in [0.29, 0.717) is 5.02 Å². The first-order valence-corrected chi connectivity index (χ1v) is 10.2. The summed E-state index contributed by atoms with van der Waals surface area (Å²) in [7, 11) is -3.64. The van der Waals surface area contributed by atoms with E-state index in [-0.39, 0.29) is 34.2 Å². The van der Waals surface area contributed by atoms with E-state index in [1.54, 1.807) is 24.3 Å². The van der Waals surface area contributed by atoms with Crippen molar-refractivity contribution in [1.29, 1.82) is 0 Å². The minimum absolute atomic E-state index is 0.132. The van der Waals surface area contributed by atoms with Gasteiger partial charge in [0.1, 0.15) is 11.5 Å². The van der Waals surface area contributed by atoms with Crippen molar-refractivity contribution in [2.45, 2.75) is 10.6 Å². The highest BCUT2D eigenvalue weighted by molar-refractivity contribution is 7.90. The maximum absolute atomic E-state index is 12.3. The molecule has 0 aliphatic carbocycles. The van der Waals surface area contributed by atoms with Gasteiger partial charge in [0, 0.05) is 5.02 Å². The summed E-state index contributed by atoms with van der Waals surface area (Å²) in [5, 5.41) is 10.3. The van der Waals surface area contributed by atoms with Gasteiger partial charge in [0.25, 0.3) is 5.91 Å². The largest absolute Gasteiger partial charge is 0.482 e. The molecule has 0 spiro atoms. The van der Waals surface area contributed by atoms with Crippen LogP contribution in [0.15, 0.2) is 57.8 Å². The van der Waals surface area contributed by atoms with Gasteiger partial charge in [0.2, 0.25) is 5.89 Å². The number of halogens is 2. The second kappa shape index (κ2) is 8.59. The molecule has 3 rings (SSSR count). The van der Waals surface area contributed by atoms with Gasteiger partial charge in [-0.05, 0) is 30.3 Å². The summed E-state index contributed by atoms with van der Waals surface area (Å²) >= 11 is 11.7. The van der Waals surface area contributed by atoms with Crippen LogP contribution >= 0.6 is 23.2 Å². The minimum atomic E-state index is -3.64. The van der Waals surface area contributed by atoms with Crippen LogP contribution in [0.5, 0.6) is 5.75 Å². The number of nitrogens with zero attached hydrogens (tertiary/aromatic N) is 2. The van der Waals surface area contributed by atoms with Crippen LogP contribution in [0.4, 0.5) is 6.01 Å². The van der Waals surface area contributed by atoms with Gasteiger partial charge >= 0.3 is 6.01 Å². The number of nitrogens with one attached hydrogen (secondary N) is 1. The summed E-state index contributed by atoms with van der Waals surface area (Å²) in [6, 6.07) is 12.2. The zero-order valence-electron chi connectivity index (χ0n) is 14.1. The van der Waals surface area contributed by atoms with E-state index >= 15 is 0 Å². The summed E-state index contributed by atoms with van der Waals surface area (Å²) in [6.07, 6.45) is 0. The van der Waals surface area contributed by atoms with Crippen LogP contribution in [0.25, 0.3) is 0 Å². The highest BCUT2D eigenvalue weighted by Gasteiger charge is 2.20. The number of aromatic nitrogens is 2. The second-order valence-corrected chi connectivity index (χ2v) is 8.32. The molecular weight excluding hydrogens is 429 g/mol. The average Bonchev–Trinajstić information content (AvgIpc) is 3.07. The lowest BCUT2D eigenvalue weighted by Crippen LogP contribution is -2.20. The van der Waals surface area contributed by atoms with E-state index < -0.39 is 21.5 Å². The molecule has 0 atom stereocenters. The van der Waals surface area contributed by atoms with E-state index in [4.69, 9.17) is 32.4 Å². The zero-order valence-corrected chi connectivity index (χ0v) is 16.5. The molecule has 0 bridgehead atoms. The standard InChI is InChI=1S/C17H13Cl2N3O5S/c18-11-6-7-14(13(19)8-11)26-9-15(23)20-17-22-21-16(27-17)10-28(24,25)12-4-2-1-3-5-12/h1-8H,9-10H2,(H,20,22,23). The molecule has 11 heteroatoms. The fraction of sp³-hybridized carbons (Fsp3) is 0.118. The third-order valence-corrected chi connectivity index (χ3v) is 5.53. The Hall–Kier alpha value is -2.62. The lowest BCUT2D eigenvalue weighted by atomic mass is 10.3. The number of rotatable bonds is 7. The van der Waals surface area contributed by atoms with Gasteiger partial charge in [-0.2, -0.15) is 0 Å². The summed E-state index contributed by atoms with van der Waals surface area (Å²) in [5.41, 5.74) is 0. The maximum Gasteiger partial charge on any atom is 0.322 e. The number of hydrogen-bond donors (Lipinski definition) is 1. The molecule has 0 saturated carbocycles. The zero-order chi connectivity index (χ0) is 20.1. The fourth-order valence-corrected chi connectivity index (χ4v) is 3.77. The number of sulfone groups is 1. The molecule has 0 radical (unpaired) electrons. The fourth-order valence-electron chi connectivity index (χ4n) is 2.13. The number of carbonyl (C=O) groups is 1. The first-order chi connectivity index (χ1) is 13.3. The molecule has 2 aromatic carbocycles. The molecule has 1 amide bonds. The highest BCUT2D eigenvalue weighted by Crippen LogP contribution is 2.27. The Morgan fingerprint density at radius 1 is 1.11 bits per heavy atom. The van der Waals surface area contributed by atoms with Gasteiger partial charge < -0.3 is 9.15 Å². The van der Waals surface area contributed by atoms with Crippen molar-refractivity contribution in [3.05, 3.63) is 64.5 Å². The molecule has 0 unspecified atom stereocenters. The van der Waals surface area contributed by atoms with E-state index in [9.17, 15) is 13.2 Å². The Bertz CT molecular complexity index is 1090. The normalized spacial score (nSPS) is 11.2. The van der Waals surface area contributed by atoms with E-state index in [1.165, 1.54) is 24.3 Å². The molecule has 3 aromatic rings. The van der Waals surface area contributed by atoms with Crippen molar-refractivity contribution >= 4 is 45.0 Å². The van der Waals surface area contributed by atoms with Gasteiger partial charge in [-0.15, -0.1) is 5.10 Å². The van der Waals surface area contributed by atoms with Gasteiger partial charge in [-0.25, -0.2) is 8.42 Å². The molecule has 8 nitrogen and oxygen atoms in total. The Balaban J connectivity index is 1.57. The van der Waals surface area contributed by atoms with Crippen molar-refractivity contribution in [2.24, 2.45) is 0 Å². The summed E-state index contributed by atoms with van der Waals surface area (Å²) in [6.45, 7) is -0.374. The SMILES string of the molecule is O=C(COc1ccc(Cl)cc1Cl)Nc1nnc(CS(=O)(=O)c2ccccc2)o1. The van der Waals surface area contributed by atoms with E-state index in [2.05, 4.69) is 15.5 Å². The number of amides is 1. The van der Waals surface area contributed by atoms with Crippen molar-refractivity contribution in [3.8, 4) is 5.75 Å². The molecule has 28 heavy (non-hydrogen) atoms. The lowest BCUT2D eigenvalue weighted by Gasteiger charge is -2.07. The number of benzene rings is 2. The quantitative estimate of drug-likeness (QED) is 0.597. The minimum Gasteiger partial charge on any atom is -0.482 e. The van der Waals surface area contributed by atoms with Crippen LogP contribution in [0, 0.1) is 0 Å². The molecule has 1 N–H and O–H groups in total. The van der Waals surface area contributed by atoms with Gasteiger partial charge in [0.15, 0.2) is 16.4 Å². The van der Waals surface area contributed by atoms with Crippen LogP contribution in [0.2, 0.25) is 10.0 Å². The smallest absolute Gasteiger partial charge is 0.322 e. The predicted octanol–water partition coefficient (Wildman–Crippen LogP) is 3.37. The Morgan fingerprint density at radius 2 is 1.86 bits per heavy atom. The summed E-state index contributed by atoms with van der Waals surface area (Å²) in [4.78, 5) is 12.1. The predicted molar refractivity (Wildman–Crippen MR) is 102 cm³/mol. The topological polar surface area (TPSA) is 111 Å². The number of hydrogen-bond acceptors (Lipinski definition) is 7. The highest BCUT2D eigenvalue weighted by atomic mass is 35.5. The molecule has 0 aliphatic rings. The van der Waals surface area contributed by atoms with Gasteiger partial charge in [-0.1, -0.05) is 46.5 Å².